The molecule has 0 aliphatic rings. The zero-order valence-corrected chi connectivity index (χ0v) is 13.4. The van der Waals surface area contributed by atoms with E-state index in [0.29, 0.717) is 10.9 Å². The molecule has 22 heavy (non-hydrogen) atoms. The van der Waals surface area contributed by atoms with Crippen LogP contribution >= 0.6 is 11.3 Å². The van der Waals surface area contributed by atoms with Crippen LogP contribution in [0, 0.1) is 0 Å². The molecule has 0 radical (unpaired) electrons. The van der Waals surface area contributed by atoms with Crippen molar-refractivity contribution in [3.63, 3.8) is 0 Å². The molecule has 0 fully saturated rings. The van der Waals surface area contributed by atoms with E-state index >= 15 is 0 Å². The Balaban J connectivity index is 1.90. The highest BCUT2D eigenvalue weighted by molar-refractivity contribution is 7.90. The molecule has 9 heteroatoms. The van der Waals surface area contributed by atoms with Crippen molar-refractivity contribution >= 4 is 21.2 Å². The Morgan fingerprint density at radius 1 is 1.23 bits per heavy atom. The summed E-state index contributed by atoms with van der Waals surface area (Å²) in [6, 6.07) is 6.45. The first kappa shape index (κ1) is 14.7. The van der Waals surface area contributed by atoms with E-state index in [2.05, 4.69) is 15.3 Å². The summed E-state index contributed by atoms with van der Waals surface area (Å²) in [5, 5.41) is 8.69. The van der Waals surface area contributed by atoms with Crippen LogP contribution in [-0.4, -0.2) is 41.8 Å². The molecule has 114 valence electrons. The van der Waals surface area contributed by atoms with E-state index < -0.39 is 9.84 Å². The van der Waals surface area contributed by atoms with Gasteiger partial charge in [-0.3, -0.25) is 0 Å². The molecule has 3 rings (SSSR count). The second kappa shape index (κ2) is 5.50. The summed E-state index contributed by atoms with van der Waals surface area (Å²) in [5.41, 5.74) is 1.40. The van der Waals surface area contributed by atoms with Crippen LogP contribution in [0.15, 0.2) is 41.6 Å². The minimum atomic E-state index is -3.21. The third kappa shape index (κ3) is 2.85. The van der Waals surface area contributed by atoms with E-state index in [1.165, 1.54) is 17.6 Å². The highest BCUT2D eigenvalue weighted by Gasteiger charge is 2.11. The van der Waals surface area contributed by atoms with Crippen molar-refractivity contribution in [1.82, 2.24) is 20.0 Å². The summed E-state index contributed by atoms with van der Waals surface area (Å²) in [6.45, 7) is 0. The molecule has 0 N–H and O–H groups in total. The molecule has 0 amide bonds. The topological polar surface area (TPSA) is 87.0 Å². The Bertz CT molecular complexity index is 898. The maximum atomic E-state index is 11.4. The van der Waals surface area contributed by atoms with Gasteiger partial charge in [-0.05, 0) is 24.3 Å². The number of rotatable bonds is 4. The molecule has 0 atom stereocenters. The Morgan fingerprint density at radius 2 is 1.95 bits per heavy atom. The van der Waals surface area contributed by atoms with Crippen molar-refractivity contribution in [2.45, 2.75) is 4.90 Å². The van der Waals surface area contributed by atoms with Crippen molar-refractivity contribution in [2.75, 3.05) is 13.4 Å². The van der Waals surface area contributed by atoms with Crippen molar-refractivity contribution in [2.24, 2.45) is 0 Å². The maximum absolute atomic E-state index is 11.4. The molecule has 0 saturated heterocycles. The molecular formula is C13H12N4O3S2. The number of benzene rings is 1. The zero-order valence-electron chi connectivity index (χ0n) is 11.8. The number of hydrogen-bond donors (Lipinski definition) is 0. The number of hydrogen-bond acceptors (Lipinski definition) is 7. The monoisotopic (exact) mass is 336 g/mol. The first-order valence-corrected chi connectivity index (χ1v) is 8.91. The summed E-state index contributed by atoms with van der Waals surface area (Å²) in [6.07, 6.45) is 4.60. The average Bonchev–Trinajstić information content (AvgIpc) is 3.15. The number of ether oxygens (including phenoxy) is 1. The highest BCUT2D eigenvalue weighted by Crippen LogP contribution is 2.28. The molecule has 0 unspecified atom stereocenters. The SMILES string of the molecule is COc1ncc(-c2cn(-c3ccc(S(C)(=O)=O)cc3)nn2)s1. The molecule has 0 spiro atoms. The molecule has 0 aliphatic carbocycles. The van der Waals surface area contributed by atoms with Gasteiger partial charge in [0.05, 0.1) is 35.0 Å². The van der Waals surface area contributed by atoms with Crippen LogP contribution in [0.2, 0.25) is 0 Å². The van der Waals surface area contributed by atoms with E-state index in [-0.39, 0.29) is 4.90 Å². The first-order chi connectivity index (χ1) is 10.5. The smallest absolute Gasteiger partial charge is 0.273 e. The largest absolute Gasteiger partial charge is 0.473 e. The van der Waals surface area contributed by atoms with Crippen LogP contribution in [0.4, 0.5) is 0 Å². The fourth-order valence-corrected chi connectivity index (χ4v) is 3.13. The van der Waals surface area contributed by atoms with E-state index in [4.69, 9.17) is 4.74 Å². The van der Waals surface area contributed by atoms with Gasteiger partial charge in [-0.15, -0.1) is 5.10 Å². The molecule has 7 nitrogen and oxygen atoms in total. The van der Waals surface area contributed by atoms with Crippen LogP contribution in [0.5, 0.6) is 5.19 Å². The van der Waals surface area contributed by atoms with Crippen LogP contribution in [0.25, 0.3) is 16.3 Å². The van der Waals surface area contributed by atoms with Gasteiger partial charge in [-0.1, -0.05) is 16.6 Å². The van der Waals surface area contributed by atoms with Gasteiger partial charge < -0.3 is 4.74 Å². The molecule has 2 aromatic heterocycles. The quantitative estimate of drug-likeness (QED) is 0.722. The lowest BCUT2D eigenvalue weighted by atomic mass is 10.3. The minimum Gasteiger partial charge on any atom is -0.473 e. The predicted molar refractivity (Wildman–Crippen MR) is 82.1 cm³/mol. The van der Waals surface area contributed by atoms with Gasteiger partial charge in [0, 0.05) is 6.26 Å². The second-order valence-electron chi connectivity index (χ2n) is 4.51. The molecule has 3 aromatic rings. The Morgan fingerprint density at radius 3 is 2.55 bits per heavy atom. The Labute approximate surface area is 131 Å². The van der Waals surface area contributed by atoms with E-state index in [1.54, 1.807) is 48.5 Å². The van der Waals surface area contributed by atoms with Crippen molar-refractivity contribution in [3.8, 4) is 21.5 Å². The maximum Gasteiger partial charge on any atom is 0.273 e. The number of methoxy groups -OCH3 is 1. The lowest BCUT2D eigenvalue weighted by Crippen LogP contribution is -1.99. The highest BCUT2D eigenvalue weighted by atomic mass is 32.2. The zero-order chi connectivity index (χ0) is 15.7. The second-order valence-corrected chi connectivity index (χ2v) is 7.52. The van der Waals surface area contributed by atoms with Gasteiger partial charge in [0.1, 0.15) is 5.69 Å². The fourth-order valence-electron chi connectivity index (χ4n) is 1.82. The lowest BCUT2D eigenvalue weighted by Gasteiger charge is -2.01. The van der Waals surface area contributed by atoms with E-state index in [1.807, 2.05) is 0 Å². The number of sulfone groups is 1. The fraction of sp³-hybridized carbons (Fsp3) is 0.154. The van der Waals surface area contributed by atoms with Crippen LogP contribution in [0.1, 0.15) is 0 Å². The van der Waals surface area contributed by atoms with Crippen molar-refractivity contribution in [1.29, 1.82) is 0 Å². The van der Waals surface area contributed by atoms with Crippen molar-refractivity contribution in [3.05, 3.63) is 36.7 Å². The van der Waals surface area contributed by atoms with Crippen LogP contribution in [-0.2, 0) is 9.84 Å². The summed E-state index contributed by atoms with van der Waals surface area (Å²) in [4.78, 5) is 5.20. The predicted octanol–water partition coefficient (Wildman–Crippen LogP) is 1.80. The number of aromatic nitrogens is 4. The number of thiazole rings is 1. The summed E-state index contributed by atoms with van der Waals surface area (Å²) in [7, 11) is -1.65. The molecular weight excluding hydrogens is 324 g/mol. The van der Waals surface area contributed by atoms with Gasteiger partial charge in [-0.2, -0.15) is 0 Å². The van der Waals surface area contributed by atoms with E-state index in [0.717, 1.165) is 10.6 Å². The van der Waals surface area contributed by atoms with Gasteiger partial charge in [0.25, 0.3) is 5.19 Å². The lowest BCUT2D eigenvalue weighted by molar-refractivity contribution is 0.412. The average molecular weight is 336 g/mol. The van der Waals surface area contributed by atoms with E-state index in [9.17, 15) is 8.42 Å². The molecule has 0 bridgehead atoms. The summed E-state index contributed by atoms with van der Waals surface area (Å²) < 4.78 is 29.5. The summed E-state index contributed by atoms with van der Waals surface area (Å²) in [5.74, 6) is 0. The summed E-state index contributed by atoms with van der Waals surface area (Å²) >= 11 is 1.37. The Kier molecular flexibility index (Phi) is 3.67. The van der Waals surface area contributed by atoms with Gasteiger partial charge in [0.2, 0.25) is 0 Å². The van der Waals surface area contributed by atoms with Crippen LogP contribution in [0.3, 0.4) is 0 Å². The standard InChI is InChI=1S/C13H12N4O3S2/c1-20-13-14-7-12(21-13)11-8-17(16-15-11)9-3-5-10(6-4-9)22(2,18)19/h3-8H,1-2H3. The van der Waals surface area contributed by atoms with Gasteiger partial charge in [-0.25, -0.2) is 18.1 Å². The number of nitrogens with zero attached hydrogens (tertiary/aromatic N) is 4. The molecule has 0 saturated carbocycles. The van der Waals surface area contributed by atoms with Gasteiger partial charge >= 0.3 is 0 Å². The third-order valence-electron chi connectivity index (χ3n) is 2.93. The van der Waals surface area contributed by atoms with Crippen molar-refractivity contribution < 1.29 is 13.2 Å². The Hall–Kier alpha value is -2.26. The van der Waals surface area contributed by atoms with Gasteiger partial charge in [0.15, 0.2) is 9.84 Å². The molecule has 2 heterocycles. The van der Waals surface area contributed by atoms with Crippen LogP contribution < -0.4 is 4.74 Å². The normalized spacial score (nSPS) is 11.5. The molecule has 0 aliphatic heterocycles. The molecule has 1 aromatic carbocycles. The minimum absolute atomic E-state index is 0.267. The third-order valence-corrected chi connectivity index (χ3v) is 5.04. The first-order valence-electron chi connectivity index (χ1n) is 6.20.